The van der Waals surface area contributed by atoms with Gasteiger partial charge in [-0.15, -0.1) is 11.3 Å². The van der Waals surface area contributed by atoms with Crippen molar-refractivity contribution in [2.75, 3.05) is 24.7 Å². The molecule has 0 radical (unpaired) electrons. The SMILES string of the molecule is COc1cccc(NC(=S)NCCSCc2cccs2)c1. The first kappa shape index (κ1) is 16.1. The van der Waals surface area contributed by atoms with Crippen LogP contribution in [-0.2, 0) is 5.75 Å². The van der Waals surface area contributed by atoms with Gasteiger partial charge in [0.25, 0.3) is 0 Å². The first-order valence-electron chi connectivity index (χ1n) is 6.57. The molecular weight excluding hydrogens is 320 g/mol. The molecule has 0 aliphatic heterocycles. The summed E-state index contributed by atoms with van der Waals surface area (Å²) in [6, 6.07) is 12.0. The molecule has 1 heterocycles. The van der Waals surface area contributed by atoms with Gasteiger partial charge < -0.3 is 15.4 Å². The second-order valence-electron chi connectivity index (χ2n) is 4.24. The highest BCUT2D eigenvalue weighted by Gasteiger charge is 1.99. The molecule has 1 aromatic carbocycles. The third kappa shape index (κ3) is 5.95. The predicted molar refractivity (Wildman–Crippen MR) is 97.7 cm³/mol. The van der Waals surface area contributed by atoms with Crippen LogP contribution in [0, 0.1) is 0 Å². The lowest BCUT2D eigenvalue weighted by Crippen LogP contribution is -2.30. The van der Waals surface area contributed by atoms with E-state index >= 15 is 0 Å². The highest BCUT2D eigenvalue weighted by Crippen LogP contribution is 2.17. The van der Waals surface area contributed by atoms with Crippen LogP contribution in [0.15, 0.2) is 41.8 Å². The first-order valence-corrected chi connectivity index (χ1v) is 9.01. The fourth-order valence-corrected chi connectivity index (χ4v) is 3.60. The van der Waals surface area contributed by atoms with Crippen LogP contribution >= 0.6 is 35.3 Å². The molecule has 0 amide bonds. The maximum atomic E-state index is 5.27. The Morgan fingerprint density at radius 2 is 2.24 bits per heavy atom. The van der Waals surface area contributed by atoms with Gasteiger partial charge in [0.15, 0.2) is 5.11 Å². The molecule has 0 aliphatic carbocycles. The molecular formula is C15H18N2OS3. The van der Waals surface area contributed by atoms with Crippen LogP contribution in [0.5, 0.6) is 5.75 Å². The molecule has 3 nitrogen and oxygen atoms in total. The fraction of sp³-hybridized carbons (Fsp3) is 0.267. The molecule has 112 valence electrons. The monoisotopic (exact) mass is 338 g/mol. The minimum absolute atomic E-state index is 0.639. The number of ether oxygens (including phenoxy) is 1. The lowest BCUT2D eigenvalue weighted by Gasteiger charge is -2.11. The molecule has 0 atom stereocenters. The van der Waals surface area contributed by atoms with Crippen LogP contribution in [0.1, 0.15) is 4.88 Å². The van der Waals surface area contributed by atoms with E-state index in [2.05, 4.69) is 28.1 Å². The average Bonchev–Trinajstić information content (AvgIpc) is 3.00. The number of benzene rings is 1. The maximum absolute atomic E-state index is 5.27. The highest BCUT2D eigenvalue weighted by molar-refractivity contribution is 7.98. The molecule has 0 saturated heterocycles. The predicted octanol–water partition coefficient (Wildman–Crippen LogP) is 3.98. The van der Waals surface area contributed by atoms with Crippen LogP contribution in [0.4, 0.5) is 5.69 Å². The summed E-state index contributed by atoms with van der Waals surface area (Å²) in [4.78, 5) is 1.41. The molecule has 0 bridgehead atoms. The standard InChI is InChI=1S/C15H18N2OS3/c1-18-13-5-2-4-12(10-13)17-15(19)16-7-9-20-11-14-6-3-8-21-14/h2-6,8,10H,7,9,11H2,1H3,(H2,16,17,19). The van der Waals surface area contributed by atoms with Crippen molar-refractivity contribution in [3.63, 3.8) is 0 Å². The lowest BCUT2D eigenvalue weighted by atomic mass is 10.3. The van der Waals surface area contributed by atoms with E-state index in [1.165, 1.54) is 4.88 Å². The number of rotatable bonds is 7. The molecule has 0 spiro atoms. The summed E-state index contributed by atoms with van der Waals surface area (Å²) in [6.07, 6.45) is 0. The first-order chi connectivity index (χ1) is 10.3. The summed E-state index contributed by atoms with van der Waals surface area (Å²) in [5.41, 5.74) is 0.929. The molecule has 2 N–H and O–H groups in total. The number of nitrogens with one attached hydrogen (secondary N) is 2. The smallest absolute Gasteiger partial charge is 0.170 e. The highest BCUT2D eigenvalue weighted by atomic mass is 32.2. The van der Waals surface area contributed by atoms with Crippen molar-refractivity contribution in [1.82, 2.24) is 5.32 Å². The summed E-state index contributed by atoms with van der Waals surface area (Å²) in [5, 5.41) is 9.12. The van der Waals surface area contributed by atoms with E-state index in [-0.39, 0.29) is 0 Å². The molecule has 0 saturated carbocycles. The Morgan fingerprint density at radius 1 is 1.33 bits per heavy atom. The fourth-order valence-electron chi connectivity index (χ4n) is 1.68. The second-order valence-corrected chi connectivity index (χ2v) is 6.79. The van der Waals surface area contributed by atoms with Gasteiger partial charge in [0, 0.05) is 34.7 Å². The number of hydrogen-bond acceptors (Lipinski definition) is 4. The third-order valence-corrected chi connectivity index (χ3v) is 5.00. The van der Waals surface area contributed by atoms with Crippen LogP contribution in [0.25, 0.3) is 0 Å². The Hall–Kier alpha value is -1.24. The largest absolute Gasteiger partial charge is 0.497 e. The van der Waals surface area contributed by atoms with Crippen molar-refractivity contribution in [2.24, 2.45) is 0 Å². The van der Waals surface area contributed by atoms with E-state index in [4.69, 9.17) is 17.0 Å². The molecule has 2 rings (SSSR count). The number of methoxy groups -OCH3 is 1. The third-order valence-electron chi connectivity index (χ3n) is 2.68. The molecule has 21 heavy (non-hydrogen) atoms. The number of thiocarbonyl (C=S) groups is 1. The van der Waals surface area contributed by atoms with Crippen molar-refractivity contribution in [3.05, 3.63) is 46.7 Å². The van der Waals surface area contributed by atoms with Crippen LogP contribution in [0.3, 0.4) is 0 Å². The van der Waals surface area contributed by atoms with Crippen molar-refractivity contribution in [1.29, 1.82) is 0 Å². The summed E-state index contributed by atoms with van der Waals surface area (Å²) >= 11 is 8.98. The average molecular weight is 339 g/mol. The lowest BCUT2D eigenvalue weighted by molar-refractivity contribution is 0.415. The molecule has 0 fully saturated rings. The quantitative estimate of drug-likeness (QED) is 0.589. The Bertz CT molecular complexity index is 558. The minimum Gasteiger partial charge on any atom is -0.497 e. The van der Waals surface area contributed by atoms with Gasteiger partial charge in [-0.3, -0.25) is 0 Å². The number of hydrogen-bond donors (Lipinski definition) is 2. The van der Waals surface area contributed by atoms with Crippen molar-refractivity contribution in [3.8, 4) is 5.75 Å². The second kappa shape index (κ2) is 8.92. The van der Waals surface area contributed by atoms with Crippen molar-refractivity contribution < 1.29 is 4.74 Å². The summed E-state index contributed by atoms with van der Waals surface area (Å²) in [5.74, 6) is 2.90. The Balaban J connectivity index is 1.63. The van der Waals surface area contributed by atoms with Gasteiger partial charge >= 0.3 is 0 Å². The van der Waals surface area contributed by atoms with Gasteiger partial charge in [-0.25, -0.2) is 0 Å². The molecule has 6 heteroatoms. The van der Waals surface area contributed by atoms with Gasteiger partial charge in [-0.2, -0.15) is 11.8 Å². The van der Waals surface area contributed by atoms with Gasteiger partial charge in [0.05, 0.1) is 7.11 Å². The van der Waals surface area contributed by atoms with Gasteiger partial charge in [0.1, 0.15) is 5.75 Å². The van der Waals surface area contributed by atoms with Gasteiger partial charge in [-0.1, -0.05) is 12.1 Å². The van der Waals surface area contributed by atoms with Crippen LogP contribution < -0.4 is 15.4 Å². The molecule has 0 aliphatic rings. The van der Waals surface area contributed by atoms with E-state index in [1.807, 2.05) is 36.0 Å². The number of anilines is 1. The van der Waals surface area contributed by atoms with Gasteiger partial charge in [0.2, 0.25) is 0 Å². The Morgan fingerprint density at radius 3 is 3.00 bits per heavy atom. The maximum Gasteiger partial charge on any atom is 0.170 e. The van der Waals surface area contributed by atoms with E-state index in [9.17, 15) is 0 Å². The van der Waals surface area contributed by atoms with Crippen LogP contribution in [-0.4, -0.2) is 24.5 Å². The van der Waals surface area contributed by atoms with Crippen molar-refractivity contribution in [2.45, 2.75) is 5.75 Å². The Labute approximate surface area is 139 Å². The normalized spacial score (nSPS) is 10.1. The zero-order valence-corrected chi connectivity index (χ0v) is 14.2. The number of thiophene rings is 1. The van der Waals surface area contributed by atoms with E-state index in [1.54, 1.807) is 18.4 Å². The summed E-state index contributed by atoms with van der Waals surface area (Å²) in [6.45, 7) is 0.853. The summed E-state index contributed by atoms with van der Waals surface area (Å²) < 4.78 is 5.18. The zero-order chi connectivity index (χ0) is 14.9. The molecule has 2 aromatic rings. The zero-order valence-electron chi connectivity index (χ0n) is 11.8. The van der Waals surface area contributed by atoms with Crippen LogP contribution in [0.2, 0.25) is 0 Å². The Kier molecular flexibility index (Phi) is 6.85. The minimum atomic E-state index is 0.639. The molecule has 0 unspecified atom stereocenters. The van der Waals surface area contributed by atoms with Crippen molar-refractivity contribution >= 4 is 46.1 Å². The van der Waals surface area contributed by atoms with E-state index in [0.29, 0.717) is 5.11 Å². The topological polar surface area (TPSA) is 33.3 Å². The van der Waals surface area contributed by atoms with E-state index in [0.717, 1.165) is 29.5 Å². The molecule has 1 aromatic heterocycles. The van der Waals surface area contributed by atoms with E-state index < -0.39 is 0 Å². The van der Waals surface area contributed by atoms with Gasteiger partial charge in [-0.05, 0) is 35.8 Å². The number of thioether (sulfide) groups is 1. The summed E-state index contributed by atoms with van der Waals surface area (Å²) in [7, 11) is 1.65.